The zero-order valence-corrected chi connectivity index (χ0v) is 10.5. The highest BCUT2D eigenvalue weighted by atomic mass is 32.2. The van der Waals surface area contributed by atoms with Gasteiger partial charge in [0.15, 0.2) is 0 Å². The van der Waals surface area contributed by atoms with Gasteiger partial charge in [-0.15, -0.1) is 6.42 Å². The Bertz CT molecular complexity index is 494. The van der Waals surface area contributed by atoms with Crippen molar-refractivity contribution in [1.82, 2.24) is 4.98 Å². The van der Waals surface area contributed by atoms with Gasteiger partial charge in [-0.2, -0.15) is 5.26 Å². The van der Waals surface area contributed by atoms with E-state index in [-0.39, 0.29) is 0 Å². The largest absolute Gasteiger partial charge is 0.245 e. The van der Waals surface area contributed by atoms with Gasteiger partial charge in [-0.25, -0.2) is 4.98 Å². The molecule has 1 heterocycles. The summed E-state index contributed by atoms with van der Waals surface area (Å²) in [7, 11) is 0. The van der Waals surface area contributed by atoms with E-state index >= 15 is 0 Å². The van der Waals surface area contributed by atoms with Crippen molar-refractivity contribution in [2.45, 2.75) is 37.1 Å². The van der Waals surface area contributed by atoms with Crippen molar-refractivity contribution in [2.75, 3.05) is 5.75 Å². The van der Waals surface area contributed by atoms with Crippen molar-refractivity contribution in [3.63, 3.8) is 0 Å². The number of aryl methyl sites for hydroxylation is 2. The fourth-order valence-electron chi connectivity index (χ4n) is 2.09. The summed E-state index contributed by atoms with van der Waals surface area (Å²) in [6, 6.07) is 4.23. The van der Waals surface area contributed by atoms with Crippen LogP contribution in [0.1, 0.15) is 36.1 Å². The van der Waals surface area contributed by atoms with Gasteiger partial charge in [0.25, 0.3) is 0 Å². The molecule has 0 radical (unpaired) electrons. The van der Waals surface area contributed by atoms with E-state index in [1.165, 1.54) is 42.3 Å². The molecule has 1 aliphatic carbocycles. The summed E-state index contributed by atoms with van der Waals surface area (Å²) in [5.41, 5.74) is 3.09. The van der Waals surface area contributed by atoms with Crippen molar-refractivity contribution >= 4 is 11.8 Å². The second-order valence-electron chi connectivity index (χ2n) is 4.11. The third kappa shape index (κ3) is 2.81. The Labute approximate surface area is 106 Å². The summed E-state index contributed by atoms with van der Waals surface area (Å²) in [4.78, 5) is 4.63. The first-order chi connectivity index (χ1) is 8.35. The number of thioether (sulfide) groups is 1. The van der Waals surface area contributed by atoms with Crippen LogP contribution in [0.2, 0.25) is 0 Å². The number of pyridine rings is 1. The van der Waals surface area contributed by atoms with Crippen LogP contribution in [-0.4, -0.2) is 10.7 Å². The molecule has 0 amide bonds. The van der Waals surface area contributed by atoms with E-state index in [9.17, 15) is 0 Å². The molecule has 0 unspecified atom stereocenters. The molecule has 0 spiro atoms. The van der Waals surface area contributed by atoms with E-state index in [0.717, 1.165) is 17.9 Å². The van der Waals surface area contributed by atoms with E-state index < -0.39 is 0 Å². The lowest BCUT2D eigenvalue weighted by atomic mass is 10.1. The molecule has 86 valence electrons. The molecule has 2 nitrogen and oxygen atoms in total. The molecule has 0 atom stereocenters. The molecule has 1 aliphatic rings. The number of rotatable bonds is 2. The lowest BCUT2D eigenvalue weighted by molar-refractivity contribution is 0.707. The van der Waals surface area contributed by atoms with Crippen molar-refractivity contribution in [1.29, 1.82) is 5.26 Å². The molecule has 17 heavy (non-hydrogen) atoms. The Morgan fingerprint density at radius 2 is 2.18 bits per heavy atom. The predicted octanol–water partition coefficient (Wildman–Crippen LogP) is 2.95. The molecular formula is C14H14N2S. The Kier molecular flexibility index (Phi) is 4.07. The van der Waals surface area contributed by atoms with Crippen molar-refractivity contribution in [3.8, 4) is 18.4 Å². The highest BCUT2D eigenvalue weighted by Gasteiger charge is 2.14. The van der Waals surface area contributed by atoms with Crippen LogP contribution in [0.5, 0.6) is 0 Å². The van der Waals surface area contributed by atoms with E-state index in [1.807, 2.05) is 6.07 Å². The van der Waals surface area contributed by atoms with Crippen LogP contribution in [0.4, 0.5) is 0 Å². The number of nitrogens with zero attached hydrogens (tertiary/aromatic N) is 2. The van der Waals surface area contributed by atoms with Crippen molar-refractivity contribution in [3.05, 3.63) is 22.9 Å². The minimum absolute atomic E-state index is 0.570. The summed E-state index contributed by atoms with van der Waals surface area (Å²) in [5, 5.41) is 9.93. The number of fused-ring (bicyclic) bond motifs is 1. The maximum absolute atomic E-state index is 9.13. The fourth-order valence-corrected chi connectivity index (χ4v) is 2.75. The van der Waals surface area contributed by atoms with Gasteiger partial charge in [0, 0.05) is 5.69 Å². The normalized spacial score (nSPS) is 14.2. The van der Waals surface area contributed by atoms with Crippen molar-refractivity contribution < 1.29 is 0 Å². The standard InChI is InChI=1S/C14H14N2S/c1-2-8-17-14-12(10-15)9-11-6-4-3-5-7-13(11)16-14/h1,9H,3-8H2. The van der Waals surface area contributed by atoms with Crippen LogP contribution < -0.4 is 0 Å². The topological polar surface area (TPSA) is 36.7 Å². The molecular weight excluding hydrogens is 228 g/mol. The quantitative estimate of drug-likeness (QED) is 0.454. The second kappa shape index (κ2) is 5.75. The first-order valence-corrected chi connectivity index (χ1v) is 6.83. The van der Waals surface area contributed by atoms with Crippen LogP contribution in [0.25, 0.3) is 0 Å². The van der Waals surface area contributed by atoms with Crippen LogP contribution in [0, 0.1) is 23.7 Å². The number of aromatic nitrogens is 1. The first-order valence-electron chi connectivity index (χ1n) is 5.84. The molecule has 0 aliphatic heterocycles. The molecule has 0 N–H and O–H groups in total. The number of nitriles is 1. The van der Waals surface area contributed by atoms with E-state index in [1.54, 1.807) is 0 Å². The maximum Gasteiger partial charge on any atom is 0.115 e. The molecule has 3 heteroatoms. The third-order valence-corrected chi connectivity index (χ3v) is 3.82. The summed E-state index contributed by atoms with van der Waals surface area (Å²) < 4.78 is 0. The minimum atomic E-state index is 0.570. The van der Waals surface area contributed by atoms with Gasteiger partial charge in [-0.3, -0.25) is 0 Å². The van der Waals surface area contributed by atoms with Gasteiger partial charge < -0.3 is 0 Å². The lowest BCUT2D eigenvalue weighted by Gasteiger charge is -2.08. The molecule has 0 saturated carbocycles. The number of terminal acetylenes is 1. The monoisotopic (exact) mass is 242 g/mol. The van der Waals surface area contributed by atoms with E-state index in [0.29, 0.717) is 11.3 Å². The Hall–Kier alpha value is -1.45. The first kappa shape index (κ1) is 12.0. The smallest absolute Gasteiger partial charge is 0.115 e. The number of hydrogen-bond acceptors (Lipinski definition) is 3. The third-order valence-electron chi connectivity index (χ3n) is 2.93. The lowest BCUT2D eigenvalue weighted by Crippen LogP contribution is -2.00. The summed E-state index contributed by atoms with van der Waals surface area (Å²) >= 11 is 1.48. The highest BCUT2D eigenvalue weighted by Crippen LogP contribution is 2.26. The molecule has 0 bridgehead atoms. The van der Waals surface area contributed by atoms with Gasteiger partial charge in [0.1, 0.15) is 11.1 Å². The predicted molar refractivity (Wildman–Crippen MR) is 69.8 cm³/mol. The average Bonchev–Trinajstić information content (AvgIpc) is 2.59. The van der Waals surface area contributed by atoms with Crippen LogP contribution in [-0.2, 0) is 12.8 Å². The minimum Gasteiger partial charge on any atom is -0.245 e. The second-order valence-corrected chi connectivity index (χ2v) is 5.08. The van der Waals surface area contributed by atoms with E-state index in [4.69, 9.17) is 11.7 Å². The molecule has 0 fully saturated rings. The van der Waals surface area contributed by atoms with Gasteiger partial charge in [0.2, 0.25) is 0 Å². The molecule has 0 aromatic carbocycles. The Balaban J connectivity index is 2.36. The van der Waals surface area contributed by atoms with Crippen molar-refractivity contribution in [2.24, 2.45) is 0 Å². The van der Waals surface area contributed by atoms with Gasteiger partial charge in [0.05, 0.1) is 11.3 Å². The Morgan fingerprint density at radius 1 is 1.35 bits per heavy atom. The molecule has 0 saturated heterocycles. The number of hydrogen-bond donors (Lipinski definition) is 0. The van der Waals surface area contributed by atoms with Crippen LogP contribution in [0.3, 0.4) is 0 Å². The summed E-state index contributed by atoms with van der Waals surface area (Å²) in [6.45, 7) is 0. The average molecular weight is 242 g/mol. The maximum atomic E-state index is 9.13. The van der Waals surface area contributed by atoms with Crippen LogP contribution >= 0.6 is 11.8 Å². The zero-order valence-electron chi connectivity index (χ0n) is 9.70. The summed E-state index contributed by atoms with van der Waals surface area (Å²) in [5.74, 6) is 3.14. The van der Waals surface area contributed by atoms with Gasteiger partial charge in [-0.05, 0) is 37.3 Å². The van der Waals surface area contributed by atoms with Crippen LogP contribution in [0.15, 0.2) is 11.1 Å². The SMILES string of the molecule is C#CCSc1nc2c(cc1C#N)CCCCC2. The Morgan fingerprint density at radius 3 is 2.94 bits per heavy atom. The van der Waals surface area contributed by atoms with Gasteiger partial charge in [-0.1, -0.05) is 24.1 Å². The molecule has 1 aromatic rings. The van der Waals surface area contributed by atoms with Gasteiger partial charge >= 0.3 is 0 Å². The fraction of sp³-hybridized carbons (Fsp3) is 0.429. The highest BCUT2D eigenvalue weighted by molar-refractivity contribution is 7.99. The molecule has 1 aromatic heterocycles. The van der Waals surface area contributed by atoms with E-state index in [2.05, 4.69) is 17.0 Å². The zero-order chi connectivity index (χ0) is 12.1. The molecule has 2 rings (SSSR count). The summed E-state index contributed by atoms with van der Waals surface area (Å²) in [6.07, 6.45) is 11.0.